The van der Waals surface area contributed by atoms with Gasteiger partial charge < -0.3 is 4.74 Å². The van der Waals surface area contributed by atoms with Crippen LogP contribution in [0, 0.1) is 0 Å². The molecule has 0 radical (unpaired) electrons. The van der Waals surface area contributed by atoms with Gasteiger partial charge in [-0.3, -0.25) is 5.32 Å². The number of carbonyl (C=O) groups is 1. The van der Waals surface area contributed by atoms with Crippen LogP contribution in [0.5, 0.6) is 0 Å². The van der Waals surface area contributed by atoms with E-state index in [4.69, 9.17) is 0 Å². The van der Waals surface area contributed by atoms with Crippen LogP contribution in [0.25, 0.3) is 0 Å². The maximum Gasteiger partial charge on any atom is 0.408 e. The SMILES string of the molecule is CCOC(=O)N[C@H](n1cncn1)C(F)(F)C(F)(F)C(F)(F)C(F)F. The summed E-state index contributed by atoms with van der Waals surface area (Å²) in [6, 6.07) is 0. The first-order valence-corrected chi connectivity index (χ1v) is 6.08. The number of nitrogens with one attached hydrogen (secondary N) is 1. The number of alkyl carbamates (subject to hydrolysis) is 1. The molecule has 1 aromatic heterocycles. The fourth-order valence-corrected chi connectivity index (χ4v) is 1.49. The average molecular weight is 370 g/mol. The molecule has 1 heterocycles. The lowest BCUT2D eigenvalue weighted by molar-refractivity contribution is -0.350. The number of carbonyl (C=O) groups excluding carboxylic acids is 1. The van der Waals surface area contributed by atoms with E-state index in [1.807, 2.05) is 0 Å². The van der Waals surface area contributed by atoms with Crippen molar-refractivity contribution in [3.8, 4) is 0 Å². The number of hydrogen-bond donors (Lipinski definition) is 1. The Bertz CT molecular complexity index is 551. The summed E-state index contributed by atoms with van der Waals surface area (Å²) in [5.41, 5.74) is 0. The molecule has 0 spiro atoms. The van der Waals surface area contributed by atoms with Crippen LogP contribution in [0.1, 0.15) is 13.1 Å². The average Bonchev–Trinajstić information content (AvgIpc) is 2.98. The molecule has 0 fully saturated rings. The molecule has 0 bridgehead atoms. The molecule has 0 aliphatic carbocycles. The Balaban J connectivity index is 3.31. The zero-order chi connectivity index (χ0) is 18.8. The predicted octanol–water partition coefficient (Wildman–Crippen LogP) is 2.69. The van der Waals surface area contributed by atoms with E-state index < -0.39 is 36.5 Å². The van der Waals surface area contributed by atoms with Crippen LogP contribution in [-0.4, -0.2) is 51.7 Å². The molecule has 24 heavy (non-hydrogen) atoms. The minimum atomic E-state index is -6.54. The Morgan fingerprint density at radius 1 is 1.21 bits per heavy atom. The highest BCUT2D eigenvalue weighted by Crippen LogP contribution is 2.51. The molecular weight excluding hydrogens is 360 g/mol. The van der Waals surface area contributed by atoms with E-state index in [0.717, 1.165) is 0 Å². The third-order valence-corrected chi connectivity index (χ3v) is 2.69. The van der Waals surface area contributed by atoms with Crippen LogP contribution >= 0.6 is 0 Å². The van der Waals surface area contributed by atoms with Crippen molar-refractivity contribution in [1.82, 2.24) is 20.1 Å². The van der Waals surface area contributed by atoms with E-state index in [1.165, 1.54) is 12.2 Å². The fraction of sp³-hybridized carbons (Fsp3) is 0.700. The standard InChI is InChI=1S/C10H10F8N4O2/c1-2-24-7(23)21-6(22-4-19-3-20-22)9(15,16)10(17,18)8(13,14)5(11)12/h3-6H,2H2,1H3,(H,21,23)/t6-/m1/s1. The van der Waals surface area contributed by atoms with E-state index in [0.29, 0.717) is 12.7 Å². The molecule has 0 saturated carbocycles. The first kappa shape index (κ1) is 19.9. The molecule has 0 aliphatic rings. The van der Waals surface area contributed by atoms with Crippen molar-refractivity contribution in [2.75, 3.05) is 6.61 Å². The van der Waals surface area contributed by atoms with Crippen molar-refractivity contribution in [3.05, 3.63) is 12.7 Å². The molecule has 0 saturated heterocycles. The molecular formula is C10H10F8N4O2. The van der Waals surface area contributed by atoms with Crippen LogP contribution in [0.2, 0.25) is 0 Å². The third-order valence-electron chi connectivity index (χ3n) is 2.69. The Labute approximate surface area is 128 Å². The molecule has 1 atom stereocenters. The summed E-state index contributed by atoms with van der Waals surface area (Å²) in [5.74, 6) is -18.8. The number of aromatic nitrogens is 3. The van der Waals surface area contributed by atoms with Crippen LogP contribution in [0.4, 0.5) is 39.9 Å². The third kappa shape index (κ3) is 3.36. The van der Waals surface area contributed by atoms with E-state index in [1.54, 1.807) is 0 Å². The number of nitrogens with zero attached hydrogens (tertiary/aromatic N) is 3. The number of alkyl halides is 8. The number of rotatable bonds is 7. The summed E-state index contributed by atoms with van der Waals surface area (Å²) >= 11 is 0. The van der Waals surface area contributed by atoms with Gasteiger partial charge in [0.25, 0.3) is 0 Å². The highest BCUT2D eigenvalue weighted by atomic mass is 19.4. The summed E-state index contributed by atoms with van der Waals surface area (Å²) in [6.07, 6.45) is -9.08. The zero-order valence-corrected chi connectivity index (χ0v) is 11.7. The lowest BCUT2D eigenvalue weighted by Crippen LogP contribution is -2.63. The molecule has 6 nitrogen and oxygen atoms in total. The quantitative estimate of drug-likeness (QED) is 0.750. The molecule has 0 aliphatic heterocycles. The number of ether oxygens (including phenoxy) is 1. The smallest absolute Gasteiger partial charge is 0.408 e. The normalized spacial score (nSPS) is 14.6. The van der Waals surface area contributed by atoms with Crippen molar-refractivity contribution in [1.29, 1.82) is 0 Å². The number of amides is 1. The van der Waals surface area contributed by atoms with Crippen LogP contribution in [0.3, 0.4) is 0 Å². The minimum absolute atomic E-state index is 0.105. The molecule has 1 amide bonds. The Kier molecular flexibility index (Phi) is 5.61. The first-order valence-electron chi connectivity index (χ1n) is 6.08. The largest absolute Gasteiger partial charge is 0.450 e. The molecule has 1 N–H and O–H groups in total. The molecule has 14 heteroatoms. The van der Waals surface area contributed by atoms with Gasteiger partial charge in [-0.05, 0) is 6.92 Å². The Morgan fingerprint density at radius 2 is 1.79 bits per heavy atom. The number of halogens is 8. The molecule has 1 aromatic rings. The van der Waals surface area contributed by atoms with Gasteiger partial charge in [-0.15, -0.1) is 0 Å². The second-order valence-electron chi connectivity index (χ2n) is 4.26. The van der Waals surface area contributed by atoms with Crippen molar-refractivity contribution in [2.45, 2.75) is 37.3 Å². The van der Waals surface area contributed by atoms with Crippen molar-refractivity contribution >= 4 is 6.09 Å². The van der Waals surface area contributed by atoms with Crippen molar-refractivity contribution in [2.24, 2.45) is 0 Å². The van der Waals surface area contributed by atoms with Gasteiger partial charge in [0.2, 0.25) is 0 Å². The van der Waals surface area contributed by atoms with Crippen LogP contribution < -0.4 is 5.32 Å². The van der Waals surface area contributed by atoms with Gasteiger partial charge in [0, 0.05) is 0 Å². The van der Waals surface area contributed by atoms with E-state index in [2.05, 4.69) is 14.8 Å². The fourth-order valence-electron chi connectivity index (χ4n) is 1.49. The lowest BCUT2D eigenvalue weighted by atomic mass is 10.0. The Morgan fingerprint density at radius 3 is 2.21 bits per heavy atom. The maximum absolute atomic E-state index is 14.0. The topological polar surface area (TPSA) is 69.0 Å². The van der Waals surface area contributed by atoms with Gasteiger partial charge in [-0.1, -0.05) is 0 Å². The van der Waals surface area contributed by atoms with Crippen LogP contribution in [0.15, 0.2) is 12.7 Å². The molecule has 0 unspecified atom stereocenters. The molecule has 0 aromatic carbocycles. The summed E-state index contributed by atoms with van der Waals surface area (Å²) < 4.78 is 109. The van der Waals surface area contributed by atoms with Crippen LogP contribution in [-0.2, 0) is 4.74 Å². The lowest BCUT2D eigenvalue weighted by Gasteiger charge is -2.36. The first-order chi connectivity index (χ1) is 10.9. The van der Waals surface area contributed by atoms with Gasteiger partial charge in [0.1, 0.15) is 12.7 Å². The minimum Gasteiger partial charge on any atom is -0.450 e. The Hall–Kier alpha value is -2.15. The van der Waals surface area contributed by atoms with Gasteiger partial charge in [0.05, 0.1) is 6.61 Å². The predicted molar refractivity (Wildman–Crippen MR) is 60.1 cm³/mol. The van der Waals surface area contributed by atoms with Crippen molar-refractivity contribution < 1.29 is 44.7 Å². The van der Waals surface area contributed by atoms with Gasteiger partial charge >= 0.3 is 30.3 Å². The molecule has 1 rings (SSSR count). The summed E-state index contributed by atoms with van der Waals surface area (Å²) in [6.45, 7) is 0.868. The number of hydrogen-bond acceptors (Lipinski definition) is 4. The second-order valence-corrected chi connectivity index (χ2v) is 4.26. The van der Waals surface area contributed by atoms with Crippen molar-refractivity contribution in [3.63, 3.8) is 0 Å². The highest BCUT2D eigenvalue weighted by Gasteiger charge is 2.78. The maximum atomic E-state index is 14.0. The summed E-state index contributed by atoms with van der Waals surface area (Å²) in [7, 11) is 0. The van der Waals surface area contributed by atoms with Gasteiger partial charge in [-0.25, -0.2) is 23.2 Å². The van der Waals surface area contributed by atoms with Gasteiger partial charge in [0.15, 0.2) is 6.17 Å². The monoisotopic (exact) mass is 370 g/mol. The second kappa shape index (κ2) is 6.76. The summed E-state index contributed by atoms with van der Waals surface area (Å²) in [5, 5.41) is 4.19. The highest BCUT2D eigenvalue weighted by molar-refractivity contribution is 5.67. The van der Waals surface area contributed by atoms with E-state index >= 15 is 0 Å². The summed E-state index contributed by atoms with van der Waals surface area (Å²) in [4.78, 5) is 14.3. The zero-order valence-electron chi connectivity index (χ0n) is 11.7. The van der Waals surface area contributed by atoms with Gasteiger partial charge in [-0.2, -0.15) is 31.4 Å². The van der Waals surface area contributed by atoms with E-state index in [-0.39, 0.29) is 11.3 Å². The van der Waals surface area contributed by atoms with E-state index in [9.17, 15) is 39.9 Å². The molecule has 138 valence electrons.